The lowest BCUT2D eigenvalue weighted by molar-refractivity contribution is 0.588. The molecule has 0 radical (unpaired) electrons. The van der Waals surface area contributed by atoms with E-state index in [9.17, 15) is 0 Å². The number of pyridine rings is 1. The van der Waals surface area contributed by atoms with E-state index in [4.69, 9.17) is 15.4 Å². The summed E-state index contributed by atoms with van der Waals surface area (Å²) >= 11 is 0. The zero-order chi connectivity index (χ0) is 9.97. The van der Waals surface area contributed by atoms with Gasteiger partial charge in [0.25, 0.3) is 0 Å². The van der Waals surface area contributed by atoms with Gasteiger partial charge in [0.15, 0.2) is 0 Å². The number of nitrogen functional groups attached to an aromatic ring is 1. The first-order valence-electron chi connectivity index (χ1n) is 4.00. The minimum absolute atomic E-state index is 0.145. The third-order valence-corrected chi connectivity index (χ3v) is 1.90. The van der Waals surface area contributed by atoms with Crippen LogP contribution in [0.1, 0.15) is 5.56 Å². The molecule has 0 fully saturated rings. The summed E-state index contributed by atoms with van der Waals surface area (Å²) in [6.07, 6.45) is 4.79. The van der Waals surface area contributed by atoms with Crippen LogP contribution in [-0.2, 0) is 0 Å². The number of furan rings is 1. The Bertz CT molecular complexity index is 482. The highest BCUT2D eigenvalue weighted by atomic mass is 16.3. The molecule has 2 aromatic heterocycles. The molecule has 0 aromatic carbocycles. The molecule has 2 rings (SSSR count). The molecule has 4 heteroatoms. The molecule has 0 saturated carbocycles. The van der Waals surface area contributed by atoms with E-state index in [1.807, 2.05) is 12.1 Å². The number of nitriles is 1. The predicted molar refractivity (Wildman–Crippen MR) is 51.1 cm³/mol. The molecule has 68 valence electrons. The van der Waals surface area contributed by atoms with Gasteiger partial charge in [-0.05, 0) is 6.07 Å². The molecule has 14 heavy (non-hydrogen) atoms. The van der Waals surface area contributed by atoms with Crippen LogP contribution >= 0.6 is 0 Å². The minimum atomic E-state index is 0.145. The van der Waals surface area contributed by atoms with Gasteiger partial charge in [0.2, 0.25) is 5.88 Å². The average Bonchev–Trinajstić information content (AvgIpc) is 2.61. The smallest absolute Gasteiger partial charge is 0.208 e. The Labute approximate surface area is 80.6 Å². The van der Waals surface area contributed by atoms with Crippen LogP contribution in [0.5, 0.6) is 0 Å². The fourth-order valence-corrected chi connectivity index (χ4v) is 1.22. The molecule has 0 aliphatic rings. The topological polar surface area (TPSA) is 75.8 Å². The molecular formula is C10H7N3O. The third kappa shape index (κ3) is 1.21. The predicted octanol–water partition coefficient (Wildman–Crippen LogP) is 1.80. The number of aromatic nitrogens is 1. The van der Waals surface area contributed by atoms with Crippen LogP contribution in [0.2, 0.25) is 0 Å². The summed E-state index contributed by atoms with van der Waals surface area (Å²) in [5.41, 5.74) is 7.34. The molecule has 0 aliphatic heterocycles. The van der Waals surface area contributed by atoms with Gasteiger partial charge in [0.1, 0.15) is 17.9 Å². The monoisotopic (exact) mass is 185 g/mol. The van der Waals surface area contributed by atoms with E-state index in [-0.39, 0.29) is 5.88 Å². The van der Waals surface area contributed by atoms with E-state index in [1.54, 1.807) is 18.5 Å². The lowest BCUT2D eigenvalue weighted by Gasteiger charge is -1.94. The van der Waals surface area contributed by atoms with Gasteiger partial charge in [-0.25, -0.2) is 0 Å². The van der Waals surface area contributed by atoms with Crippen LogP contribution in [0, 0.1) is 11.3 Å². The highest BCUT2D eigenvalue weighted by molar-refractivity contribution is 5.73. The fraction of sp³-hybridized carbons (Fsp3) is 0. The SMILES string of the molecule is N#Cc1c(-c2cccnc2)coc1N. The van der Waals surface area contributed by atoms with Gasteiger partial charge in [0.05, 0.1) is 0 Å². The van der Waals surface area contributed by atoms with Gasteiger partial charge in [0, 0.05) is 23.5 Å². The Balaban J connectivity index is 2.59. The average molecular weight is 185 g/mol. The van der Waals surface area contributed by atoms with Crippen molar-refractivity contribution in [1.29, 1.82) is 5.26 Å². The maximum Gasteiger partial charge on any atom is 0.208 e. The van der Waals surface area contributed by atoms with Gasteiger partial charge in [-0.15, -0.1) is 0 Å². The molecule has 2 heterocycles. The number of rotatable bonds is 1. The second-order valence-electron chi connectivity index (χ2n) is 2.74. The van der Waals surface area contributed by atoms with Crippen molar-refractivity contribution in [1.82, 2.24) is 4.98 Å². The van der Waals surface area contributed by atoms with Crippen molar-refractivity contribution in [3.8, 4) is 17.2 Å². The molecule has 0 unspecified atom stereocenters. The Morgan fingerprint density at radius 2 is 2.36 bits per heavy atom. The Morgan fingerprint density at radius 1 is 1.50 bits per heavy atom. The maximum atomic E-state index is 8.84. The van der Waals surface area contributed by atoms with Gasteiger partial charge in [-0.1, -0.05) is 6.07 Å². The van der Waals surface area contributed by atoms with E-state index in [1.165, 1.54) is 6.26 Å². The zero-order valence-electron chi connectivity index (χ0n) is 7.27. The molecule has 0 atom stereocenters. The van der Waals surface area contributed by atoms with Crippen molar-refractivity contribution >= 4 is 5.88 Å². The van der Waals surface area contributed by atoms with Crippen LogP contribution < -0.4 is 5.73 Å². The van der Waals surface area contributed by atoms with E-state index < -0.39 is 0 Å². The van der Waals surface area contributed by atoms with Crippen LogP contribution in [0.25, 0.3) is 11.1 Å². The van der Waals surface area contributed by atoms with E-state index >= 15 is 0 Å². The number of nitrogens with two attached hydrogens (primary N) is 1. The maximum absolute atomic E-state index is 8.84. The molecule has 0 spiro atoms. The number of hydrogen-bond acceptors (Lipinski definition) is 4. The summed E-state index contributed by atoms with van der Waals surface area (Å²) in [5, 5.41) is 8.84. The molecule has 0 bridgehead atoms. The quantitative estimate of drug-likeness (QED) is 0.734. The number of nitrogens with zero attached hydrogens (tertiary/aromatic N) is 2. The highest BCUT2D eigenvalue weighted by Gasteiger charge is 2.11. The molecule has 0 amide bonds. The van der Waals surface area contributed by atoms with Crippen molar-refractivity contribution in [3.63, 3.8) is 0 Å². The minimum Gasteiger partial charge on any atom is -0.447 e. The van der Waals surface area contributed by atoms with Gasteiger partial charge >= 0.3 is 0 Å². The van der Waals surface area contributed by atoms with Gasteiger partial charge in [-0.3, -0.25) is 4.98 Å². The Kier molecular flexibility index (Phi) is 1.92. The second-order valence-corrected chi connectivity index (χ2v) is 2.74. The molecular weight excluding hydrogens is 178 g/mol. The first-order chi connectivity index (χ1) is 6.83. The molecule has 0 saturated heterocycles. The van der Waals surface area contributed by atoms with Crippen molar-refractivity contribution in [2.24, 2.45) is 0 Å². The Morgan fingerprint density at radius 3 is 3.00 bits per heavy atom. The summed E-state index contributed by atoms with van der Waals surface area (Å²) in [6.45, 7) is 0. The van der Waals surface area contributed by atoms with Crippen molar-refractivity contribution in [2.75, 3.05) is 5.73 Å². The number of anilines is 1. The third-order valence-electron chi connectivity index (χ3n) is 1.90. The molecule has 4 nitrogen and oxygen atoms in total. The Hall–Kier alpha value is -2.28. The first kappa shape index (κ1) is 8.32. The van der Waals surface area contributed by atoms with Crippen LogP contribution in [-0.4, -0.2) is 4.98 Å². The fourth-order valence-electron chi connectivity index (χ4n) is 1.22. The van der Waals surface area contributed by atoms with Crippen LogP contribution in [0.15, 0.2) is 35.2 Å². The van der Waals surface area contributed by atoms with E-state index in [0.29, 0.717) is 11.1 Å². The molecule has 2 aromatic rings. The first-order valence-corrected chi connectivity index (χ1v) is 4.00. The molecule has 0 aliphatic carbocycles. The second kappa shape index (κ2) is 3.23. The molecule has 2 N–H and O–H groups in total. The van der Waals surface area contributed by atoms with Crippen LogP contribution in [0.4, 0.5) is 5.88 Å². The standard InChI is InChI=1S/C10H7N3O/c11-4-8-9(6-14-10(8)12)7-2-1-3-13-5-7/h1-3,5-6H,12H2. The lowest BCUT2D eigenvalue weighted by Crippen LogP contribution is -1.86. The van der Waals surface area contributed by atoms with E-state index in [0.717, 1.165) is 5.56 Å². The summed E-state index contributed by atoms with van der Waals surface area (Å²) in [7, 11) is 0. The van der Waals surface area contributed by atoms with Crippen molar-refractivity contribution in [3.05, 3.63) is 36.4 Å². The van der Waals surface area contributed by atoms with Gasteiger partial charge < -0.3 is 10.2 Å². The number of hydrogen-bond donors (Lipinski definition) is 1. The van der Waals surface area contributed by atoms with Crippen molar-refractivity contribution in [2.45, 2.75) is 0 Å². The summed E-state index contributed by atoms with van der Waals surface area (Å²) < 4.78 is 4.97. The summed E-state index contributed by atoms with van der Waals surface area (Å²) in [4.78, 5) is 3.95. The van der Waals surface area contributed by atoms with Crippen molar-refractivity contribution < 1.29 is 4.42 Å². The largest absolute Gasteiger partial charge is 0.447 e. The zero-order valence-corrected chi connectivity index (χ0v) is 7.27. The highest BCUT2D eigenvalue weighted by Crippen LogP contribution is 2.28. The summed E-state index contributed by atoms with van der Waals surface area (Å²) in [6, 6.07) is 5.63. The van der Waals surface area contributed by atoms with Crippen LogP contribution in [0.3, 0.4) is 0 Å². The lowest BCUT2D eigenvalue weighted by atomic mass is 10.1. The summed E-state index contributed by atoms with van der Waals surface area (Å²) in [5.74, 6) is 0.145. The normalized spacial score (nSPS) is 9.64. The van der Waals surface area contributed by atoms with Gasteiger partial charge in [-0.2, -0.15) is 5.26 Å². The van der Waals surface area contributed by atoms with E-state index in [2.05, 4.69) is 4.98 Å².